The van der Waals surface area contributed by atoms with E-state index < -0.39 is 22.8 Å². The monoisotopic (exact) mass is 365 g/mol. The van der Waals surface area contributed by atoms with E-state index in [-0.39, 0.29) is 0 Å². The lowest BCUT2D eigenvalue weighted by Crippen LogP contribution is -2.48. The Kier molecular flexibility index (Phi) is 5.86. The van der Waals surface area contributed by atoms with Crippen LogP contribution >= 0.6 is 23.2 Å². The number of amides is 1. The molecule has 0 saturated carbocycles. The molecule has 4 nitrogen and oxygen atoms in total. The third kappa shape index (κ3) is 4.73. The van der Waals surface area contributed by atoms with Gasteiger partial charge in [-0.05, 0) is 55.3 Å². The predicted octanol–water partition coefficient (Wildman–Crippen LogP) is 4.12. The average molecular weight is 366 g/mol. The minimum absolute atomic E-state index is 0.458. The topological polar surface area (TPSA) is 55.4 Å². The van der Waals surface area contributed by atoms with Gasteiger partial charge in [-0.3, -0.25) is 9.59 Å². The molecule has 2 aromatic carbocycles. The summed E-state index contributed by atoms with van der Waals surface area (Å²) in [5.41, 5.74) is -0.596. The zero-order valence-electron chi connectivity index (χ0n) is 13.3. The normalized spacial score (nSPS) is 12.3. The first kappa shape index (κ1) is 18.3. The molecule has 2 rings (SSSR count). The standard InChI is InChI=1S/C18H17Cl2NO3/c1-18(2,24-14-10-8-13(19)9-11-14)17(23)21-15(16(20)22)12-6-4-3-5-7-12/h3-11,15H,1-2H3,(H,21,23). The number of hydrogen-bond acceptors (Lipinski definition) is 3. The van der Waals surface area contributed by atoms with Crippen LogP contribution in [0.25, 0.3) is 0 Å². The highest BCUT2D eigenvalue weighted by molar-refractivity contribution is 6.64. The number of rotatable bonds is 6. The first-order valence-corrected chi connectivity index (χ1v) is 8.05. The van der Waals surface area contributed by atoms with Crippen molar-refractivity contribution in [2.24, 2.45) is 0 Å². The van der Waals surface area contributed by atoms with E-state index >= 15 is 0 Å². The lowest BCUT2D eigenvalue weighted by molar-refractivity contribution is -0.136. The molecule has 0 saturated heterocycles. The fourth-order valence-corrected chi connectivity index (χ4v) is 2.37. The lowest BCUT2D eigenvalue weighted by atomic mass is 10.0. The summed E-state index contributed by atoms with van der Waals surface area (Å²) in [4.78, 5) is 24.2. The molecule has 2 aromatic rings. The van der Waals surface area contributed by atoms with Crippen LogP contribution in [0.15, 0.2) is 54.6 Å². The molecule has 0 bridgehead atoms. The van der Waals surface area contributed by atoms with Gasteiger partial charge in [0.25, 0.3) is 5.91 Å². The molecule has 0 spiro atoms. The predicted molar refractivity (Wildman–Crippen MR) is 94.3 cm³/mol. The highest BCUT2D eigenvalue weighted by atomic mass is 35.5. The first-order chi connectivity index (χ1) is 11.3. The van der Waals surface area contributed by atoms with Crippen molar-refractivity contribution in [1.29, 1.82) is 0 Å². The minimum atomic E-state index is -1.20. The van der Waals surface area contributed by atoms with E-state index in [1.807, 2.05) is 6.07 Å². The average Bonchev–Trinajstić information content (AvgIpc) is 2.54. The Morgan fingerprint density at radius 2 is 1.62 bits per heavy atom. The van der Waals surface area contributed by atoms with Gasteiger partial charge < -0.3 is 10.1 Å². The van der Waals surface area contributed by atoms with Crippen molar-refractivity contribution in [3.63, 3.8) is 0 Å². The summed E-state index contributed by atoms with van der Waals surface area (Å²) >= 11 is 11.5. The minimum Gasteiger partial charge on any atom is -0.478 e. The van der Waals surface area contributed by atoms with Crippen molar-refractivity contribution in [1.82, 2.24) is 5.32 Å². The number of carbonyl (C=O) groups is 2. The molecule has 1 N–H and O–H groups in total. The van der Waals surface area contributed by atoms with Crippen LogP contribution < -0.4 is 10.1 Å². The van der Waals surface area contributed by atoms with E-state index in [1.165, 1.54) is 0 Å². The molecule has 1 unspecified atom stereocenters. The summed E-state index contributed by atoms with van der Waals surface area (Å²) < 4.78 is 5.71. The van der Waals surface area contributed by atoms with Gasteiger partial charge in [-0.15, -0.1) is 0 Å². The second kappa shape index (κ2) is 7.69. The van der Waals surface area contributed by atoms with Crippen LogP contribution in [0.5, 0.6) is 5.75 Å². The molecule has 6 heteroatoms. The van der Waals surface area contributed by atoms with Crippen molar-refractivity contribution in [2.45, 2.75) is 25.5 Å². The van der Waals surface area contributed by atoms with E-state index in [9.17, 15) is 9.59 Å². The van der Waals surface area contributed by atoms with Gasteiger partial charge >= 0.3 is 0 Å². The SMILES string of the molecule is CC(C)(Oc1ccc(Cl)cc1)C(=O)NC(C(=O)Cl)c1ccccc1. The fraction of sp³-hybridized carbons (Fsp3) is 0.222. The maximum atomic E-state index is 12.6. The molecule has 0 heterocycles. The van der Waals surface area contributed by atoms with Crippen LogP contribution in [0.2, 0.25) is 5.02 Å². The van der Waals surface area contributed by atoms with Gasteiger partial charge in [-0.25, -0.2) is 0 Å². The molecule has 1 amide bonds. The number of hydrogen-bond donors (Lipinski definition) is 1. The largest absolute Gasteiger partial charge is 0.478 e. The number of carbonyl (C=O) groups excluding carboxylic acids is 2. The maximum Gasteiger partial charge on any atom is 0.264 e. The second-order valence-electron chi connectivity index (χ2n) is 5.69. The summed E-state index contributed by atoms with van der Waals surface area (Å²) in [6.45, 7) is 3.22. The van der Waals surface area contributed by atoms with Crippen LogP contribution in [0.1, 0.15) is 25.5 Å². The van der Waals surface area contributed by atoms with Crippen LogP contribution in [0.3, 0.4) is 0 Å². The highest BCUT2D eigenvalue weighted by Crippen LogP contribution is 2.23. The second-order valence-corrected chi connectivity index (χ2v) is 6.50. The number of benzene rings is 2. The summed E-state index contributed by atoms with van der Waals surface area (Å²) in [7, 11) is 0. The van der Waals surface area contributed by atoms with Crippen LogP contribution in [0.4, 0.5) is 0 Å². The molecular weight excluding hydrogens is 349 g/mol. The molecule has 0 aliphatic carbocycles. The Labute approximate surface area is 150 Å². The van der Waals surface area contributed by atoms with Crippen molar-refractivity contribution < 1.29 is 14.3 Å². The molecule has 0 aliphatic rings. The van der Waals surface area contributed by atoms with Gasteiger partial charge in [0.2, 0.25) is 5.24 Å². The molecule has 1 atom stereocenters. The molecule has 0 fully saturated rings. The highest BCUT2D eigenvalue weighted by Gasteiger charge is 2.33. The molecule has 24 heavy (non-hydrogen) atoms. The molecular formula is C18H17Cl2NO3. The molecule has 0 aliphatic heterocycles. The zero-order valence-corrected chi connectivity index (χ0v) is 14.8. The number of ether oxygens (including phenoxy) is 1. The third-order valence-corrected chi connectivity index (χ3v) is 3.84. The smallest absolute Gasteiger partial charge is 0.264 e. The van der Waals surface area contributed by atoms with Gasteiger partial charge in [0.15, 0.2) is 5.60 Å². The van der Waals surface area contributed by atoms with Gasteiger partial charge in [-0.2, -0.15) is 0 Å². The summed E-state index contributed by atoms with van der Waals surface area (Å²) in [5, 5.41) is 2.53. The van der Waals surface area contributed by atoms with Crippen molar-refractivity contribution in [2.75, 3.05) is 0 Å². The first-order valence-electron chi connectivity index (χ1n) is 7.29. The Morgan fingerprint density at radius 1 is 1.04 bits per heavy atom. The van der Waals surface area contributed by atoms with E-state index in [4.69, 9.17) is 27.9 Å². The van der Waals surface area contributed by atoms with Gasteiger partial charge in [-0.1, -0.05) is 41.9 Å². The van der Waals surface area contributed by atoms with Gasteiger partial charge in [0.1, 0.15) is 11.8 Å². The molecule has 0 radical (unpaired) electrons. The third-order valence-electron chi connectivity index (χ3n) is 3.37. The molecule has 0 aromatic heterocycles. The van der Waals surface area contributed by atoms with Crippen molar-refractivity contribution in [3.8, 4) is 5.75 Å². The van der Waals surface area contributed by atoms with E-state index in [0.717, 1.165) is 0 Å². The maximum absolute atomic E-state index is 12.6. The summed E-state index contributed by atoms with van der Waals surface area (Å²) in [5.74, 6) is 0.0355. The quantitative estimate of drug-likeness (QED) is 0.783. The number of halogens is 2. The molecule has 126 valence electrons. The summed E-state index contributed by atoms with van der Waals surface area (Å²) in [6, 6.07) is 14.5. The summed E-state index contributed by atoms with van der Waals surface area (Å²) in [6.07, 6.45) is 0. The lowest BCUT2D eigenvalue weighted by Gasteiger charge is -2.27. The van der Waals surface area contributed by atoms with Gasteiger partial charge in [0.05, 0.1) is 0 Å². The van der Waals surface area contributed by atoms with Crippen LogP contribution in [-0.2, 0) is 9.59 Å². The Hall–Kier alpha value is -2.04. The Balaban J connectivity index is 2.13. The van der Waals surface area contributed by atoms with Gasteiger partial charge in [0, 0.05) is 5.02 Å². The van der Waals surface area contributed by atoms with E-state index in [0.29, 0.717) is 16.3 Å². The van der Waals surface area contributed by atoms with E-state index in [1.54, 1.807) is 62.4 Å². The zero-order chi connectivity index (χ0) is 17.7. The van der Waals surface area contributed by atoms with Crippen LogP contribution in [0, 0.1) is 0 Å². The fourth-order valence-electron chi connectivity index (χ4n) is 2.07. The Morgan fingerprint density at radius 3 is 2.17 bits per heavy atom. The Bertz CT molecular complexity index is 715. The number of nitrogens with one attached hydrogen (secondary N) is 1. The van der Waals surface area contributed by atoms with Crippen molar-refractivity contribution in [3.05, 3.63) is 65.2 Å². The van der Waals surface area contributed by atoms with Crippen LogP contribution in [-0.4, -0.2) is 16.8 Å². The van der Waals surface area contributed by atoms with E-state index in [2.05, 4.69) is 5.32 Å². The van der Waals surface area contributed by atoms with Crippen molar-refractivity contribution >= 4 is 34.4 Å².